The van der Waals surface area contributed by atoms with Crippen LogP contribution in [0.2, 0.25) is 0 Å². The molecule has 0 aromatic heterocycles. The largest absolute Gasteiger partial charge is 0.341 e. The van der Waals surface area contributed by atoms with Crippen LogP contribution in [0.4, 0.5) is 4.79 Å². The lowest BCUT2D eigenvalue weighted by Gasteiger charge is -2.43. The Morgan fingerprint density at radius 2 is 1.66 bits per heavy atom. The van der Waals surface area contributed by atoms with Crippen LogP contribution in [-0.4, -0.2) is 42.0 Å². The molecule has 1 saturated heterocycles. The topological polar surface area (TPSA) is 52.7 Å². The molecule has 1 heterocycles. The standard InChI is InChI=1S/C24H31N3O2/c1-17-12-14-19(15-13-17)24(16-18-10-8-7-9-11-18)21(28)26(6)20(23(2,3)4)27(24)22(29)25-5/h7-15,20H,16H2,1-6H3,(H,25,29)/t20-,24-/m1/s1. The van der Waals surface area contributed by atoms with Gasteiger partial charge in [0.25, 0.3) is 5.91 Å². The van der Waals surface area contributed by atoms with Gasteiger partial charge in [-0.25, -0.2) is 4.79 Å². The highest BCUT2D eigenvalue weighted by Crippen LogP contribution is 2.46. The van der Waals surface area contributed by atoms with Crippen LogP contribution in [0.25, 0.3) is 0 Å². The van der Waals surface area contributed by atoms with Crippen LogP contribution in [0.5, 0.6) is 0 Å². The van der Waals surface area contributed by atoms with E-state index in [1.54, 1.807) is 23.9 Å². The number of benzene rings is 2. The highest BCUT2D eigenvalue weighted by molar-refractivity contribution is 5.96. The van der Waals surface area contributed by atoms with Gasteiger partial charge in [0.2, 0.25) is 0 Å². The molecule has 0 saturated carbocycles. The number of carbonyl (C=O) groups is 2. The fraction of sp³-hybridized carbons (Fsp3) is 0.417. The monoisotopic (exact) mass is 393 g/mol. The van der Waals surface area contributed by atoms with Crippen molar-refractivity contribution in [3.8, 4) is 0 Å². The van der Waals surface area contributed by atoms with Crippen LogP contribution >= 0.6 is 0 Å². The van der Waals surface area contributed by atoms with E-state index in [1.807, 2.05) is 61.5 Å². The molecular weight excluding hydrogens is 362 g/mol. The first-order valence-electron chi connectivity index (χ1n) is 10.0. The molecule has 1 aliphatic heterocycles. The van der Waals surface area contributed by atoms with Gasteiger partial charge in [0.1, 0.15) is 6.17 Å². The molecule has 29 heavy (non-hydrogen) atoms. The third-order valence-corrected chi connectivity index (χ3v) is 5.74. The Bertz CT molecular complexity index is 887. The van der Waals surface area contributed by atoms with Crippen LogP contribution in [0.15, 0.2) is 54.6 Å². The molecule has 3 rings (SSSR count). The Balaban J connectivity index is 2.29. The van der Waals surface area contributed by atoms with E-state index in [4.69, 9.17) is 0 Å². The van der Waals surface area contributed by atoms with Crippen molar-refractivity contribution in [3.05, 3.63) is 71.3 Å². The molecular formula is C24H31N3O2. The van der Waals surface area contributed by atoms with Gasteiger partial charge in [0, 0.05) is 25.9 Å². The van der Waals surface area contributed by atoms with Crippen LogP contribution in [0.1, 0.15) is 37.5 Å². The molecule has 0 unspecified atom stereocenters. The summed E-state index contributed by atoms with van der Waals surface area (Å²) < 4.78 is 0. The van der Waals surface area contributed by atoms with Gasteiger partial charge in [-0.3, -0.25) is 9.69 Å². The minimum Gasteiger partial charge on any atom is -0.341 e. The molecule has 2 aromatic carbocycles. The number of carbonyl (C=O) groups excluding carboxylic acids is 2. The number of nitrogens with zero attached hydrogens (tertiary/aromatic N) is 2. The van der Waals surface area contributed by atoms with Crippen molar-refractivity contribution in [2.75, 3.05) is 14.1 Å². The Hall–Kier alpha value is -2.82. The summed E-state index contributed by atoms with van der Waals surface area (Å²) in [6, 6.07) is 17.6. The summed E-state index contributed by atoms with van der Waals surface area (Å²) in [5.41, 5.74) is 1.53. The number of aryl methyl sites for hydroxylation is 1. The number of likely N-dealkylation sites (N-methyl/N-ethyl adjacent to an activating group) is 1. The van der Waals surface area contributed by atoms with Gasteiger partial charge in [-0.1, -0.05) is 80.9 Å². The number of hydrogen-bond acceptors (Lipinski definition) is 2. The van der Waals surface area contributed by atoms with Gasteiger partial charge in [0.05, 0.1) is 0 Å². The SMILES string of the molecule is CNC(=O)N1[C@H](C(C)(C)C)N(C)C(=O)[C@@]1(Cc1ccccc1)c1ccc(C)cc1. The molecule has 2 atom stereocenters. The Kier molecular flexibility index (Phi) is 5.44. The van der Waals surface area contributed by atoms with E-state index in [0.717, 1.165) is 16.7 Å². The Labute approximate surface area is 173 Å². The van der Waals surface area contributed by atoms with E-state index in [-0.39, 0.29) is 23.5 Å². The van der Waals surface area contributed by atoms with Gasteiger partial charge < -0.3 is 10.2 Å². The lowest BCUT2D eigenvalue weighted by atomic mass is 9.81. The molecule has 0 spiro atoms. The number of urea groups is 1. The molecule has 2 aromatic rings. The smallest absolute Gasteiger partial charge is 0.319 e. The first-order valence-corrected chi connectivity index (χ1v) is 10.0. The van der Waals surface area contributed by atoms with Crippen molar-refractivity contribution >= 4 is 11.9 Å². The summed E-state index contributed by atoms with van der Waals surface area (Å²) in [6.07, 6.45) is 0.0417. The fourth-order valence-corrected chi connectivity index (χ4v) is 4.51. The maximum atomic E-state index is 13.9. The lowest BCUT2D eigenvalue weighted by molar-refractivity contribution is -0.133. The maximum absolute atomic E-state index is 13.9. The second-order valence-electron chi connectivity index (χ2n) is 8.97. The minimum atomic E-state index is -1.11. The van der Waals surface area contributed by atoms with E-state index in [0.29, 0.717) is 6.42 Å². The van der Waals surface area contributed by atoms with E-state index >= 15 is 0 Å². The summed E-state index contributed by atoms with van der Waals surface area (Å²) in [4.78, 5) is 30.6. The maximum Gasteiger partial charge on any atom is 0.319 e. The molecule has 0 aliphatic carbocycles. The van der Waals surface area contributed by atoms with Gasteiger partial charge in [-0.2, -0.15) is 0 Å². The van der Waals surface area contributed by atoms with E-state index in [2.05, 4.69) is 26.1 Å². The third-order valence-electron chi connectivity index (χ3n) is 5.74. The second kappa shape index (κ2) is 7.54. The molecule has 1 N–H and O–H groups in total. The van der Waals surface area contributed by atoms with Gasteiger partial charge in [0.15, 0.2) is 5.54 Å². The lowest BCUT2D eigenvalue weighted by Crippen LogP contribution is -2.58. The van der Waals surface area contributed by atoms with Crippen molar-refractivity contribution < 1.29 is 9.59 Å². The predicted octanol–water partition coefficient (Wildman–Crippen LogP) is 3.92. The average molecular weight is 394 g/mol. The van der Waals surface area contributed by atoms with Gasteiger partial charge in [-0.15, -0.1) is 0 Å². The number of hydrogen-bond donors (Lipinski definition) is 1. The average Bonchev–Trinajstić information content (AvgIpc) is 2.91. The highest BCUT2D eigenvalue weighted by Gasteiger charge is 2.61. The van der Waals surface area contributed by atoms with Crippen LogP contribution < -0.4 is 5.32 Å². The molecule has 0 radical (unpaired) electrons. The summed E-state index contributed by atoms with van der Waals surface area (Å²) in [5.74, 6) is -0.0614. The van der Waals surface area contributed by atoms with Gasteiger partial charge >= 0.3 is 6.03 Å². The van der Waals surface area contributed by atoms with Crippen LogP contribution in [0, 0.1) is 12.3 Å². The molecule has 1 fully saturated rings. The molecule has 1 aliphatic rings. The van der Waals surface area contributed by atoms with Crippen molar-refractivity contribution in [1.82, 2.24) is 15.1 Å². The normalized spacial score (nSPS) is 22.1. The van der Waals surface area contributed by atoms with E-state index < -0.39 is 5.54 Å². The van der Waals surface area contributed by atoms with Crippen LogP contribution in [-0.2, 0) is 16.8 Å². The second-order valence-corrected chi connectivity index (χ2v) is 8.97. The van der Waals surface area contributed by atoms with Crippen molar-refractivity contribution in [1.29, 1.82) is 0 Å². The molecule has 5 nitrogen and oxygen atoms in total. The van der Waals surface area contributed by atoms with Crippen molar-refractivity contribution in [2.24, 2.45) is 5.41 Å². The third kappa shape index (κ3) is 3.50. The van der Waals surface area contributed by atoms with Crippen molar-refractivity contribution in [3.63, 3.8) is 0 Å². The predicted molar refractivity (Wildman–Crippen MR) is 115 cm³/mol. The highest BCUT2D eigenvalue weighted by atomic mass is 16.2. The number of nitrogens with one attached hydrogen (secondary N) is 1. The zero-order chi connectivity index (χ0) is 21.4. The molecule has 0 bridgehead atoms. The van der Waals surface area contributed by atoms with Gasteiger partial charge in [-0.05, 0) is 18.1 Å². The number of rotatable bonds is 3. The summed E-state index contributed by atoms with van der Waals surface area (Å²) in [5, 5.41) is 2.78. The van der Waals surface area contributed by atoms with E-state index in [9.17, 15) is 9.59 Å². The van der Waals surface area contributed by atoms with E-state index in [1.165, 1.54) is 0 Å². The molecule has 154 valence electrons. The van der Waals surface area contributed by atoms with Crippen LogP contribution in [0.3, 0.4) is 0 Å². The first-order chi connectivity index (χ1) is 13.6. The Morgan fingerprint density at radius 1 is 1.07 bits per heavy atom. The number of amides is 3. The minimum absolute atomic E-state index is 0.0614. The molecule has 3 amide bonds. The Morgan fingerprint density at radius 3 is 2.17 bits per heavy atom. The zero-order valence-electron chi connectivity index (χ0n) is 18.2. The summed E-state index contributed by atoms with van der Waals surface area (Å²) in [6.45, 7) is 8.20. The van der Waals surface area contributed by atoms with Crippen molar-refractivity contribution in [2.45, 2.75) is 45.8 Å². The summed E-state index contributed by atoms with van der Waals surface area (Å²) in [7, 11) is 3.42. The summed E-state index contributed by atoms with van der Waals surface area (Å²) >= 11 is 0. The quantitative estimate of drug-likeness (QED) is 0.859. The first kappa shape index (κ1) is 20.9. The molecule has 5 heteroatoms. The fourth-order valence-electron chi connectivity index (χ4n) is 4.51. The zero-order valence-corrected chi connectivity index (χ0v) is 18.2.